The zero-order valence-corrected chi connectivity index (χ0v) is 16.7. The molecule has 0 aliphatic heterocycles. The van der Waals surface area contributed by atoms with E-state index in [-0.39, 0.29) is 30.0 Å². The molecule has 5 nitrogen and oxygen atoms in total. The maximum absolute atomic E-state index is 12.6. The van der Waals surface area contributed by atoms with E-state index in [1.165, 1.54) is 12.5 Å². The van der Waals surface area contributed by atoms with Crippen LogP contribution in [0.4, 0.5) is 5.69 Å². The third-order valence-corrected chi connectivity index (χ3v) is 5.27. The molecule has 0 heterocycles. The van der Waals surface area contributed by atoms with Gasteiger partial charge in [-0.2, -0.15) is 0 Å². The number of rotatable bonds is 6. The summed E-state index contributed by atoms with van der Waals surface area (Å²) in [5.74, 6) is 0.276. The number of halogens is 1. The number of nitrogens with one attached hydrogen (secondary N) is 2. The number of anilines is 1. The minimum absolute atomic E-state index is 0.142. The van der Waals surface area contributed by atoms with Gasteiger partial charge in [0.05, 0.1) is 5.56 Å². The number of hydrogen-bond acceptors (Lipinski definition) is 3. The summed E-state index contributed by atoms with van der Waals surface area (Å²) in [4.78, 5) is 24.9. The van der Waals surface area contributed by atoms with Gasteiger partial charge in [0.25, 0.3) is 11.8 Å². The summed E-state index contributed by atoms with van der Waals surface area (Å²) in [5.41, 5.74) is 0.956. The van der Waals surface area contributed by atoms with Crippen molar-refractivity contribution in [3.05, 3.63) is 59.1 Å². The van der Waals surface area contributed by atoms with Crippen LogP contribution in [0.3, 0.4) is 0 Å². The predicted octanol–water partition coefficient (Wildman–Crippen LogP) is 4.67. The maximum Gasteiger partial charge on any atom is 0.259 e. The van der Waals surface area contributed by atoms with Crippen molar-refractivity contribution < 1.29 is 14.3 Å². The third-order valence-electron chi connectivity index (χ3n) is 5.03. The average Bonchev–Trinajstić information content (AvgIpc) is 2.69. The molecular weight excluding hydrogens is 376 g/mol. The van der Waals surface area contributed by atoms with Gasteiger partial charge < -0.3 is 15.4 Å². The summed E-state index contributed by atoms with van der Waals surface area (Å²) < 4.78 is 5.66. The largest absolute Gasteiger partial charge is 0.483 e. The molecule has 148 valence electrons. The Hall–Kier alpha value is -2.53. The van der Waals surface area contributed by atoms with Crippen LogP contribution in [0.25, 0.3) is 0 Å². The Bertz CT molecular complexity index is 826. The van der Waals surface area contributed by atoms with E-state index in [1.54, 1.807) is 24.3 Å². The molecule has 28 heavy (non-hydrogen) atoms. The van der Waals surface area contributed by atoms with Crippen molar-refractivity contribution in [3.8, 4) is 5.75 Å². The van der Waals surface area contributed by atoms with E-state index >= 15 is 0 Å². The molecule has 2 N–H and O–H groups in total. The molecule has 2 atom stereocenters. The first-order valence-corrected chi connectivity index (χ1v) is 9.99. The second kappa shape index (κ2) is 9.60. The fourth-order valence-corrected chi connectivity index (χ4v) is 3.62. The molecule has 1 fully saturated rings. The van der Waals surface area contributed by atoms with Crippen molar-refractivity contribution in [2.45, 2.75) is 38.6 Å². The zero-order chi connectivity index (χ0) is 19.9. The molecule has 0 spiro atoms. The highest BCUT2D eigenvalue weighted by molar-refractivity contribution is 6.31. The Kier molecular flexibility index (Phi) is 6.93. The van der Waals surface area contributed by atoms with E-state index in [2.05, 4.69) is 17.6 Å². The average molecular weight is 401 g/mol. The first-order chi connectivity index (χ1) is 13.5. The van der Waals surface area contributed by atoms with E-state index in [9.17, 15) is 9.59 Å². The lowest BCUT2D eigenvalue weighted by atomic mass is 9.86. The Balaban J connectivity index is 1.63. The van der Waals surface area contributed by atoms with Crippen molar-refractivity contribution in [3.63, 3.8) is 0 Å². The molecule has 0 aromatic heterocycles. The highest BCUT2D eigenvalue weighted by Gasteiger charge is 2.23. The summed E-state index contributed by atoms with van der Waals surface area (Å²) >= 11 is 6.06. The fourth-order valence-electron chi connectivity index (χ4n) is 3.45. The second-order valence-electron chi connectivity index (χ2n) is 7.19. The fraction of sp³-hybridized carbons (Fsp3) is 0.364. The Morgan fingerprint density at radius 3 is 2.61 bits per heavy atom. The van der Waals surface area contributed by atoms with Gasteiger partial charge in [-0.05, 0) is 49.1 Å². The number of amides is 2. The summed E-state index contributed by atoms with van der Waals surface area (Å²) in [5, 5.41) is 6.28. The third kappa shape index (κ3) is 5.49. The molecule has 0 saturated heterocycles. The van der Waals surface area contributed by atoms with Crippen LogP contribution in [-0.2, 0) is 4.79 Å². The summed E-state index contributed by atoms with van der Waals surface area (Å²) in [6.07, 6.45) is 4.48. The number of benzene rings is 2. The number of para-hydroxylation sites is 1. The Morgan fingerprint density at radius 2 is 1.86 bits per heavy atom. The van der Waals surface area contributed by atoms with Gasteiger partial charge in [-0.1, -0.05) is 49.6 Å². The summed E-state index contributed by atoms with van der Waals surface area (Å²) in [6, 6.07) is 14.1. The maximum atomic E-state index is 12.6. The molecule has 2 aromatic rings. The van der Waals surface area contributed by atoms with Gasteiger partial charge in [0.1, 0.15) is 5.75 Å². The van der Waals surface area contributed by atoms with Gasteiger partial charge in [0.2, 0.25) is 0 Å². The normalized spacial score (nSPS) is 18.9. The lowest BCUT2D eigenvalue weighted by Crippen LogP contribution is -2.43. The van der Waals surface area contributed by atoms with E-state index in [4.69, 9.17) is 16.3 Å². The molecule has 0 bridgehead atoms. The highest BCUT2D eigenvalue weighted by atomic mass is 35.5. The van der Waals surface area contributed by atoms with Crippen molar-refractivity contribution in [1.29, 1.82) is 0 Å². The smallest absolute Gasteiger partial charge is 0.259 e. The summed E-state index contributed by atoms with van der Waals surface area (Å²) in [6.45, 7) is 2.02. The molecular formula is C22H25ClN2O3. The molecule has 1 saturated carbocycles. The lowest BCUT2D eigenvalue weighted by Gasteiger charge is -2.29. The zero-order valence-electron chi connectivity index (χ0n) is 15.9. The molecule has 1 aliphatic rings. The van der Waals surface area contributed by atoms with Crippen LogP contribution in [0.1, 0.15) is 43.0 Å². The van der Waals surface area contributed by atoms with Crippen molar-refractivity contribution in [1.82, 2.24) is 5.32 Å². The van der Waals surface area contributed by atoms with Crippen molar-refractivity contribution in [2.24, 2.45) is 5.92 Å². The van der Waals surface area contributed by atoms with Crippen LogP contribution in [-0.4, -0.2) is 24.5 Å². The van der Waals surface area contributed by atoms with Gasteiger partial charge >= 0.3 is 0 Å². The van der Waals surface area contributed by atoms with Gasteiger partial charge in [-0.15, -0.1) is 0 Å². The van der Waals surface area contributed by atoms with Crippen LogP contribution in [0.5, 0.6) is 5.75 Å². The minimum Gasteiger partial charge on any atom is -0.483 e. The van der Waals surface area contributed by atoms with Crippen molar-refractivity contribution >= 4 is 29.1 Å². The van der Waals surface area contributed by atoms with Gasteiger partial charge in [-0.3, -0.25) is 9.59 Å². The number of hydrogen-bond donors (Lipinski definition) is 2. The van der Waals surface area contributed by atoms with E-state index < -0.39 is 0 Å². The van der Waals surface area contributed by atoms with Gasteiger partial charge in [-0.25, -0.2) is 0 Å². The van der Waals surface area contributed by atoms with Crippen molar-refractivity contribution in [2.75, 3.05) is 11.9 Å². The first-order valence-electron chi connectivity index (χ1n) is 9.61. The minimum atomic E-state index is -0.343. The molecule has 0 unspecified atom stereocenters. The van der Waals surface area contributed by atoms with Crippen LogP contribution >= 0.6 is 11.6 Å². The lowest BCUT2D eigenvalue weighted by molar-refractivity contribution is -0.124. The quantitative estimate of drug-likeness (QED) is 0.740. The number of ether oxygens (including phenoxy) is 1. The Morgan fingerprint density at radius 1 is 1.11 bits per heavy atom. The number of carbonyl (C=O) groups is 2. The highest BCUT2D eigenvalue weighted by Crippen LogP contribution is 2.25. The van der Waals surface area contributed by atoms with E-state index in [0.29, 0.717) is 22.4 Å². The molecule has 0 radical (unpaired) electrons. The standard InChI is InChI=1S/C22H25ClN2O3/c1-15-7-5-6-10-19(15)25-21(26)14-28-20-12-11-16(23)13-18(20)22(27)24-17-8-3-2-4-9-17/h2-4,8-9,11-13,15,19H,5-7,10,14H2,1H3,(H,24,27)(H,25,26)/t15-,19+/m1/s1. The number of carbonyl (C=O) groups excluding carboxylic acids is 2. The monoisotopic (exact) mass is 400 g/mol. The van der Waals surface area contributed by atoms with Gasteiger partial charge in [0, 0.05) is 16.8 Å². The van der Waals surface area contributed by atoms with Gasteiger partial charge in [0.15, 0.2) is 6.61 Å². The molecule has 3 rings (SSSR count). The topological polar surface area (TPSA) is 67.4 Å². The van der Waals surface area contributed by atoms with Crippen LogP contribution in [0.15, 0.2) is 48.5 Å². The van der Waals surface area contributed by atoms with Crippen LogP contribution < -0.4 is 15.4 Å². The molecule has 1 aliphatic carbocycles. The van der Waals surface area contributed by atoms with Crippen LogP contribution in [0, 0.1) is 5.92 Å². The molecule has 2 aromatic carbocycles. The SMILES string of the molecule is C[C@@H]1CCCC[C@@H]1NC(=O)COc1ccc(Cl)cc1C(=O)Nc1ccccc1. The first kappa shape index (κ1) is 20.2. The second-order valence-corrected chi connectivity index (χ2v) is 7.62. The van der Waals surface area contributed by atoms with Crippen LogP contribution in [0.2, 0.25) is 5.02 Å². The molecule has 6 heteroatoms. The summed E-state index contributed by atoms with van der Waals surface area (Å²) in [7, 11) is 0. The Labute approximate surface area is 170 Å². The van der Waals surface area contributed by atoms with E-state index in [1.807, 2.05) is 18.2 Å². The van der Waals surface area contributed by atoms with E-state index in [0.717, 1.165) is 19.3 Å². The molecule has 2 amide bonds. The predicted molar refractivity (Wildman–Crippen MR) is 111 cm³/mol.